The van der Waals surface area contributed by atoms with Gasteiger partial charge in [-0.15, -0.1) is 0 Å². The Bertz CT molecular complexity index is 667. The Morgan fingerprint density at radius 3 is 2.48 bits per heavy atom. The van der Waals surface area contributed by atoms with Crippen LogP contribution in [0.4, 0.5) is 0 Å². The second-order valence-corrected chi connectivity index (χ2v) is 6.91. The third-order valence-corrected chi connectivity index (χ3v) is 4.58. The van der Waals surface area contributed by atoms with Crippen LogP contribution in [0.15, 0.2) is 42.5 Å². The predicted molar refractivity (Wildman–Crippen MR) is 93.0 cm³/mol. The highest BCUT2D eigenvalue weighted by molar-refractivity contribution is 5.50. The Hall–Kier alpha value is -2.00. The van der Waals surface area contributed by atoms with Gasteiger partial charge in [-0.1, -0.05) is 44.2 Å². The first-order chi connectivity index (χ1) is 11.0. The summed E-state index contributed by atoms with van der Waals surface area (Å²) < 4.78 is 0. The minimum Gasteiger partial charge on any atom is -0.504 e. The monoisotopic (exact) mass is 311 g/mol. The van der Waals surface area contributed by atoms with E-state index in [1.807, 2.05) is 6.07 Å². The van der Waals surface area contributed by atoms with E-state index in [1.54, 1.807) is 12.1 Å². The van der Waals surface area contributed by atoms with E-state index in [9.17, 15) is 10.2 Å². The summed E-state index contributed by atoms with van der Waals surface area (Å²) in [6.45, 7) is 7.48. The fourth-order valence-corrected chi connectivity index (χ4v) is 3.56. The average Bonchev–Trinajstić information content (AvgIpc) is 2.69. The molecule has 0 saturated carbocycles. The molecule has 1 heterocycles. The van der Waals surface area contributed by atoms with Crippen molar-refractivity contribution in [3.05, 3.63) is 59.2 Å². The lowest BCUT2D eigenvalue weighted by atomic mass is 9.87. The Kier molecular flexibility index (Phi) is 4.58. The summed E-state index contributed by atoms with van der Waals surface area (Å²) in [5, 5.41) is 19.9. The van der Waals surface area contributed by atoms with E-state index in [-0.39, 0.29) is 17.4 Å². The lowest BCUT2D eigenvalue weighted by molar-refractivity contribution is 0.246. The lowest BCUT2D eigenvalue weighted by Crippen LogP contribution is -2.32. The minimum atomic E-state index is -0.0259. The van der Waals surface area contributed by atoms with Crippen LogP contribution in [0, 0.1) is 5.92 Å². The molecule has 3 nitrogen and oxygen atoms in total. The van der Waals surface area contributed by atoms with Gasteiger partial charge in [0, 0.05) is 25.6 Å². The quantitative estimate of drug-likeness (QED) is 0.849. The summed E-state index contributed by atoms with van der Waals surface area (Å²) >= 11 is 0. The summed E-state index contributed by atoms with van der Waals surface area (Å²) in [4.78, 5) is 2.50. The molecule has 23 heavy (non-hydrogen) atoms. The van der Waals surface area contributed by atoms with Crippen LogP contribution in [0.5, 0.6) is 11.5 Å². The Morgan fingerprint density at radius 1 is 1.09 bits per heavy atom. The molecule has 1 aliphatic heterocycles. The van der Waals surface area contributed by atoms with Gasteiger partial charge in [0.25, 0.3) is 0 Å². The molecule has 0 amide bonds. The molecule has 122 valence electrons. The average molecular weight is 311 g/mol. The van der Waals surface area contributed by atoms with Crippen molar-refractivity contribution in [3.8, 4) is 11.5 Å². The van der Waals surface area contributed by atoms with Crippen molar-refractivity contribution in [1.29, 1.82) is 0 Å². The second-order valence-electron chi connectivity index (χ2n) is 6.91. The van der Waals surface area contributed by atoms with Crippen molar-refractivity contribution in [3.63, 3.8) is 0 Å². The van der Waals surface area contributed by atoms with Crippen molar-refractivity contribution in [1.82, 2.24) is 4.90 Å². The molecule has 3 rings (SSSR count). The fourth-order valence-electron chi connectivity index (χ4n) is 3.56. The molecule has 0 aromatic heterocycles. The van der Waals surface area contributed by atoms with Crippen LogP contribution in [0.3, 0.4) is 0 Å². The predicted octanol–water partition coefficient (Wildman–Crippen LogP) is 3.74. The zero-order valence-electron chi connectivity index (χ0n) is 13.9. The zero-order chi connectivity index (χ0) is 16.4. The van der Waals surface area contributed by atoms with E-state index < -0.39 is 0 Å². The van der Waals surface area contributed by atoms with E-state index in [1.165, 1.54) is 5.56 Å². The van der Waals surface area contributed by atoms with Gasteiger partial charge in [0.1, 0.15) is 0 Å². The van der Waals surface area contributed by atoms with E-state index >= 15 is 0 Å². The van der Waals surface area contributed by atoms with Gasteiger partial charge in [0.05, 0.1) is 0 Å². The highest BCUT2D eigenvalue weighted by Gasteiger charge is 2.26. The molecule has 1 aliphatic rings. The normalized spacial score (nSPS) is 18.7. The molecular formula is C20H25NO2. The van der Waals surface area contributed by atoms with Gasteiger partial charge in [0.15, 0.2) is 11.5 Å². The number of phenols is 2. The van der Waals surface area contributed by atoms with Crippen molar-refractivity contribution in [2.75, 3.05) is 19.6 Å². The maximum absolute atomic E-state index is 9.98. The number of hydrogen-bond donors (Lipinski definition) is 2. The Balaban J connectivity index is 2.03. The van der Waals surface area contributed by atoms with E-state index in [0.29, 0.717) is 5.92 Å². The molecule has 0 fully saturated rings. The molecule has 2 N–H and O–H groups in total. The SMILES string of the molecule is CC(C)CN1CCc2cc(O)c(O)cc2C(c2ccccc2)C1. The molecular weight excluding hydrogens is 286 g/mol. The van der Waals surface area contributed by atoms with Crippen LogP contribution in [0.1, 0.15) is 36.5 Å². The van der Waals surface area contributed by atoms with Crippen molar-refractivity contribution >= 4 is 0 Å². The van der Waals surface area contributed by atoms with Crippen molar-refractivity contribution in [2.45, 2.75) is 26.2 Å². The number of fused-ring (bicyclic) bond motifs is 1. The minimum absolute atomic E-state index is 0.0205. The van der Waals surface area contributed by atoms with Crippen molar-refractivity contribution < 1.29 is 10.2 Å². The molecule has 0 radical (unpaired) electrons. The molecule has 0 spiro atoms. The molecule has 3 heteroatoms. The largest absolute Gasteiger partial charge is 0.504 e. The molecule has 0 aliphatic carbocycles. The first-order valence-corrected chi connectivity index (χ1v) is 8.36. The number of hydrogen-bond acceptors (Lipinski definition) is 3. The summed E-state index contributed by atoms with van der Waals surface area (Å²) in [5.74, 6) is 0.795. The summed E-state index contributed by atoms with van der Waals surface area (Å²) in [7, 11) is 0. The van der Waals surface area contributed by atoms with E-state index in [2.05, 4.69) is 43.0 Å². The molecule has 0 saturated heterocycles. The number of phenolic OH excluding ortho intramolecular Hbond substituents is 2. The first kappa shape index (κ1) is 15.9. The molecule has 2 aromatic rings. The zero-order valence-corrected chi connectivity index (χ0v) is 13.9. The van der Waals surface area contributed by atoms with E-state index in [0.717, 1.165) is 37.2 Å². The third kappa shape index (κ3) is 3.50. The second kappa shape index (κ2) is 6.63. The summed E-state index contributed by atoms with van der Waals surface area (Å²) in [5.41, 5.74) is 3.53. The smallest absolute Gasteiger partial charge is 0.157 e. The first-order valence-electron chi connectivity index (χ1n) is 8.36. The highest BCUT2D eigenvalue weighted by atomic mass is 16.3. The van der Waals surface area contributed by atoms with Gasteiger partial charge in [-0.25, -0.2) is 0 Å². The highest BCUT2D eigenvalue weighted by Crippen LogP contribution is 2.37. The standard InChI is InChI=1S/C20H25NO2/c1-14(2)12-21-9-8-16-10-19(22)20(23)11-17(16)18(13-21)15-6-4-3-5-7-15/h3-7,10-11,14,18,22-23H,8-9,12-13H2,1-2H3. The summed E-state index contributed by atoms with van der Waals surface area (Å²) in [6.07, 6.45) is 0.902. The maximum atomic E-state index is 9.98. The molecule has 1 atom stereocenters. The van der Waals surface area contributed by atoms with E-state index in [4.69, 9.17) is 0 Å². The van der Waals surface area contributed by atoms with Crippen LogP contribution in [0.25, 0.3) is 0 Å². The number of rotatable bonds is 3. The van der Waals surface area contributed by atoms with Gasteiger partial charge < -0.3 is 15.1 Å². The Morgan fingerprint density at radius 2 is 1.78 bits per heavy atom. The van der Waals surface area contributed by atoms with Crippen molar-refractivity contribution in [2.24, 2.45) is 5.92 Å². The number of benzene rings is 2. The summed E-state index contributed by atoms with van der Waals surface area (Å²) in [6, 6.07) is 13.9. The van der Waals surface area contributed by atoms with Crippen LogP contribution >= 0.6 is 0 Å². The van der Waals surface area contributed by atoms with Crippen LogP contribution in [0.2, 0.25) is 0 Å². The van der Waals surface area contributed by atoms with Crippen LogP contribution < -0.4 is 0 Å². The van der Waals surface area contributed by atoms with Crippen LogP contribution in [-0.4, -0.2) is 34.7 Å². The van der Waals surface area contributed by atoms with Gasteiger partial charge in [0.2, 0.25) is 0 Å². The van der Waals surface area contributed by atoms with Gasteiger partial charge in [-0.2, -0.15) is 0 Å². The lowest BCUT2D eigenvalue weighted by Gasteiger charge is -2.26. The maximum Gasteiger partial charge on any atom is 0.157 e. The number of aromatic hydroxyl groups is 2. The fraction of sp³-hybridized carbons (Fsp3) is 0.400. The van der Waals surface area contributed by atoms with Gasteiger partial charge in [-0.3, -0.25) is 0 Å². The third-order valence-electron chi connectivity index (χ3n) is 4.58. The number of nitrogens with zero attached hydrogens (tertiary/aromatic N) is 1. The topological polar surface area (TPSA) is 43.7 Å². The Labute approximate surface area is 138 Å². The van der Waals surface area contributed by atoms with Crippen LogP contribution in [-0.2, 0) is 6.42 Å². The molecule has 0 bridgehead atoms. The molecule has 1 unspecified atom stereocenters. The van der Waals surface area contributed by atoms with Gasteiger partial charge >= 0.3 is 0 Å². The molecule has 2 aromatic carbocycles. The van der Waals surface area contributed by atoms with Gasteiger partial charge in [-0.05, 0) is 41.2 Å².